The maximum Gasteiger partial charge on any atom is 0.175 e. The van der Waals surface area contributed by atoms with E-state index in [4.69, 9.17) is 9.97 Å². The van der Waals surface area contributed by atoms with Gasteiger partial charge in [0.2, 0.25) is 0 Å². The summed E-state index contributed by atoms with van der Waals surface area (Å²) in [4.78, 5) is 9.46. The van der Waals surface area contributed by atoms with Crippen LogP contribution in [0.1, 0.15) is 166 Å². The van der Waals surface area contributed by atoms with E-state index in [1.807, 2.05) is 24.8 Å². The van der Waals surface area contributed by atoms with Crippen LogP contribution in [-0.2, 0) is 60.5 Å². The highest BCUT2D eigenvalue weighted by Crippen LogP contribution is 2.66. The van der Waals surface area contributed by atoms with Crippen molar-refractivity contribution in [2.24, 2.45) is 0 Å². The number of imidazole rings is 2. The highest BCUT2D eigenvalue weighted by atomic mass is 31.2. The minimum atomic E-state index is -2.86. The van der Waals surface area contributed by atoms with E-state index in [1.165, 1.54) is 83.0 Å². The second-order valence-electron chi connectivity index (χ2n) is 23.8. The van der Waals surface area contributed by atoms with Crippen molar-refractivity contribution >= 4 is 25.4 Å². The largest absolute Gasteiger partial charge is 0.314 e. The minimum absolute atomic E-state index is 0.381. The van der Waals surface area contributed by atoms with Gasteiger partial charge in [0.05, 0.1) is 11.4 Å². The first kappa shape index (κ1) is 51.6. The van der Waals surface area contributed by atoms with Crippen LogP contribution in [0.15, 0.2) is 110 Å². The van der Waals surface area contributed by atoms with E-state index in [1.54, 1.807) is 0 Å². The van der Waals surface area contributed by atoms with Crippen LogP contribution in [0.2, 0.25) is 0 Å². The van der Waals surface area contributed by atoms with Crippen molar-refractivity contribution in [3.63, 3.8) is 0 Å². The zero-order valence-electron chi connectivity index (χ0n) is 43.8. The molecule has 0 saturated heterocycles. The molecule has 0 atom stereocenters. The molecule has 0 unspecified atom stereocenters. The Bertz CT molecular complexity index is 2500. The molecular weight excluding hydrogens is 871 g/mol. The van der Waals surface area contributed by atoms with Crippen LogP contribution in [0.5, 0.6) is 0 Å². The number of rotatable bonds is 4. The van der Waals surface area contributed by atoms with Crippen LogP contribution < -0.4 is 11.1 Å². The van der Waals surface area contributed by atoms with Gasteiger partial charge in [0.1, 0.15) is 0 Å². The van der Waals surface area contributed by atoms with Crippen LogP contribution in [0.3, 0.4) is 0 Å². The summed E-state index contributed by atoms with van der Waals surface area (Å²) < 4.78 is 33.7. The molecule has 9 aliphatic rings. The lowest BCUT2D eigenvalue weighted by Gasteiger charge is -2.40. The fraction of sp³-hybridized carbons (Fsp3) is 0.500. The van der Waals surface area contributed by atoms with E-state index in [9.17, 15) is 9.13 Å². The summed E-state index contributed by atoms with van der Waals surface area (Å²) in [5, 5.41) is -1.52. The Kier molecular flexibility index (Phi) is 15.6. The van der Waals surface area contributed by atoms with Crippen LogP contribution in [0, 0.1) is 0 Å². The predicted octanol–water partition coefficient (Wildman–Crippen LogP) is 15.0. The zero-order chi connectivity index (χ0) is 49.1. The molecule has 0 radical (unpaired) electrons. The summed E-state index contributed by atoms with van der Waals surface area (Å²) in [5.74, 6) is 0. The smallest absolute Gasteiger partial charge is 0.175 e. The number of hydrogen-bond donors (Lipinski definition) is 0. The van der Waals surface area contributed by atoms with Crippen LogP contribution in [0.25, 0.3) is 11.4 Å². The molecule has 15 rings (SSSR count). The number of aromatic nitrogens is 4. The first-order valence-corrected chi connectivity index (χ1v) is 29.1. The Labute approximate surface area is 411 Å². The van der Waals surface area contributed by atoms with E-state index in [0.29, 0.717) is 0 Å². The summed E-state index contributed by atoms with van der Waals surface area (Å²) in [5.41, 5.74) is 14.4. The van der Waals surface area contributed by atoms with E-state index >= 15 is 0 Å². The first-order chi connectivity index (χ1) is 32.0. The topological polar surface area (TPSA) is 69.8 Å². The fourth-order valence-corrected chi connectivity index (χ4v) is 18.8. The quantitative estimate of drug-likeness (QED) is 0.165. The highest BCUT2D eigenvalue weighted by molar-refractivity contribution is 7.74. The zero-order valence-corrected chi connectivity index (χ0v) is 45.6. The average Bonchev–Trinajstić information content (AvgIpc) is 3.99. The molecule has 6 nitrogen and oxygen atoms in total. The summed E-state index contributed by atoms with van der Waals surface area (Å²) in [6, 6.07) is 31.8. The molecule has 4 aromatic carbocycles. The molecule has 2 aromatic heterocycles. The highest BCUT2D eigenvalue weighted by Gasteiger charge is 2.51. The van der Waals surface area contributed by atoms with Crippen LogP contribution >= 0.6 is 14.3 Å². The average molecular weight is 953 g/mol. The second-order valence-corrected chi connectivity index (χ2v) is 32.4. The summed E-state index contributed by atoms with van der Waals surface area (Å²) in [6.07, 6.45) is 24.6. The molecule has 0 spiro atoms. The molecule has 8 heteroatoms. The molecule has 0 aliphatic heterocycles. The maximum atomic E-state index is 14.7. The number of benzene rings is 4. The van der Waals surface area contributed by atoms with Gasteiger partial charge in [0.25, 0.3) is 0 Å². The van der Waals surface area contributed by atoms with E-state index in [2.05, 4.69) is 177 Å². The van der Waals surface area contributed by atoms with Crippen molar-refractivity contribution in [2.75, 3.05) is 0 Å². The second kappa shape index (κ2) is 20.6. The van der Waals surface area contributed by atoms with Crippen molar-refractivity contribution in [1.82, 2.24) is 19.1 Å². The molecule has 0 amide bonds. The molecule has 68 heavy (non-hydrogen) atoms. The van der Waals surface area contributed by atoms with Crippen molar-refractivity contribution in [2.45, 2.75) is 194 Å². The van der Waals surface area contributed by atoms with Gasteiger partial charge < -0.3 is 9.13 Å². The standard InChI is InChI=1S/2C27H35N2OP.C6H12/c2*1-26(2,3)31(30,27(4,5)6)25-28-17-18-29(25)24-19-22-12-11-20-7-9-21(10-8-20)13-15-23(24)16-14-22;1-2-4-6-5-3-1/h2*7-10,14,16-19H,11-13,15H2,1-6H3;1-6H2. The van der Waals surface area contributed by atoms with Gasteiger partial charge in [0.15, 0.2) is 25.4 Å². The summed E-state index contributed by atoms with van der Waals surface area (Å²) >= 11 is 0. The minimum Gasteiger partial charge on any atom is -0.314 e. The first-order valence-electron chi connectivity index (χ1n) is 25.7. The monoisotopic (exact) mass is 953 g/mol. The third-order valence-corrected chi connectivity index (χ3v) is 24.1. The van der Waals surface area contributed by atoms with Gasteiger partial charge in [-0.05, 0) is 108 Å². The van der Waals surface area contributed by atoms with Crippen LogP contribution in [-0.4, -0.2) is 39.7 Å². The summed E-state index contributed by atoms with van der Waals surface area (Å²) in [7, 11) is -5.71. The number of aryl methyl sites for hydroxylation is 8. The normalized spacial score (nSPS) is 15.8. The molecule has 364 valence electrons. The van der Waals surface area contributed by atoms with Gasteiger partial charge >= 0.3 is 0 Å². The molecule has 2 heterocycles. The molecule has 9 aliphatic carbocycles. The van der Waals surface area contributed by atoms with E-state index in [-0.39, 0.29) is 20.6 Å². The Morgan fingerprint density at radius 2 is 0.618 bits per heavy atom. The number of nitrogens with zero attached hydrogens (tertiary/aromatic N) is 4. The Morgan fingerprint density at radius 1 is 0.368 bits per heavy atom. The Hall–Kier alpha value is -4.24. The van der Waals surface area contributed by atoms with Gasteiger partial charge in [0, 0.05) is 45.4 Å². The molecule has 1 fully saturated rings. The van der Waals surface area contributed by atoms with Gasteiger partial charge in [-0.2, -0.15) is 0 Å². The van der Waals surface area contributed by atoms with Crippen molar-refractivity contribution in [3.8, 4) is 11.4 Å². The lowest BCUT2D eigenvalue weighted by Crippen LogP contribution is -2.38. The molecular formula is C60H82N4O2P2. The lowest BCUT2D eigenvalue weighted by molar-refractivity contribution is 0.504. The number of hydrogen-bond acceptors (Lipinski definition) is 4. The van der Waals surface area contributed by atoms with Gasteiger partial charge in [-0.1, -0.05) is 194 Å². The third kappa shape index (κ3) is 11.0. The fourth-order valence-electron chi connectivity index (χ4n) is 11.0. The van der Waals surface area contributed by atoms with Gasteiger partial charge in [-0.3, -0.25) is 9.13 Å². The van der Waals surface area contributed by atoms with Crippen molar-refractivity contribution < 1.29 is 9.13 Å². The van der Waals surface area contributed by atoms with E-state index < -0.39 is 14.3 Å². The van der Waals surface area contributed by atoms with Crippen molar-refractivity contribution in [3.05, 3.63) is 154 Å². The Balaban J connectivity index is 0.000000179. The predicted molar refractivity (Wildman–Crippen MR) is 291 cm³/mol. The Morgan fingerprint density at radius 3 is 0.897 bits per heavy atom. The molecule has 6 aromatic rings. The van der Waals surface area contributed by atoms with Gasteiger partial charge in [-0.25, -0.2) is 9.97 Å². The van der Waals surface area contributed by atoms with Gasteiger partial charge in [-0.15, -0.1) is 0 Å². The van der Waals surface area contributed by atoms with E-state index in [0.717, 1.165) is 73.9 Å². The van der Waals surface area contributed by atoms with Crippen LogP contribution in [0.4, 0.5) is 0 Å². The lowest BCUT2D eigenvalue weighted by atomic mass is 9.95. The molecule has 1 saturated carbocycles. The molecule has 8 bridgehead atoms. The maximum absolute atomic E-state index is 14.7. The summed E-state index contributed by atoms with van der Waals surface area (Å²) in [6.45, 7) is 25.1. The molecule has 0 N–H and O–H groups in total. The SMILES string of the molecule is C1CCCCC1.CC(C)(C)P(=O)(c1nccn1-c1cc2ccc1CCc1ccc(cc1)CC2)C(C)(C)C.CC(C)(C)P(=O)(c1nccn1-c1cc2ccc1CCc1ccc(cc1)CC2)C(C)(C)C. The van der Waals surface area contributed by atoms with Crippen molar-refractivity contribution in [1.29, 1.82) is 0 Å². The third-order valence-electron chi connectivity index (χ3n) is 14.7.